The Balaban J connectivity index is 0.000000204. The lowest BCUT2D eigenvalue weighted by molar-refractivity contribution is 0.102. The van der Waals surface area contributed by atoms with E-state index < -0.39 is 0 Å². The van der Waals surface area contributed by atoms with Crippen molar-refractivity contribution >= 4 is 28.9 Å². The van der Waals surface area contributed by atoms with Crippen LogP contribution >= 0.6 is 11.6 Å². The highest BCUT2D eigenvalue weighted by atomic mass is 35.5. The van der Waals surface area contributed by atoms with E-state index in [4.69, 9.17) is 11.6 Å². The fourth-order valence-electron chi connectivity index (χ4n) is 2.89. The van der Waals surface area contributed by atoms with Crippen LogP contribution in [0.1, 0.15) is 21.5 Å². The van der Waals surface area contributed by atoms with Gasteiger partial charge in [-0.2, -0.15) is 0 Å². The average Bonchev–Trinajstić information content (AvgIpc) is 2.86. The first-order valence-corrected chi connectivity index (χ1v) is 10.5. The molecule has 2 aromatic heterocycles. The summed E-state index contributed by atoms with van der Waals surface area (Å²) in [6.07, 6.45) is 6.77. The molecule has 6 nitrogen and oxygen atoms in total. The molecule has 0 atom stereocenters. The number of nitrogens with one attached hydrogen (secondary N) is 2. The molecule has 4 rings (SSSR count). The van der Waals surface area contributed by atoms with Crippen LogP contribution in [0.25, 0.3) is 11.3 Å². The van der Waals surface area contributed by atoms with Crippen molar-refractivity contribution in [3.05, 3.63) is 102 Å². The van der Waals surface area contributed by atoms with E-state index in [1.807, 2.05) is 62.5 Å². The summed E-state index contributed by atoms with van der Waals surface area (Å²) in [6, 6.07) is 18.8. The molecular formula is C25H24ClN5O. The standard InChI is InChI=1S/C16H17ClN2O.C9H7N3/c1-11-3-8-14(9-15(11)18-2)19-16(20)13-6-4-12(10-17)5-7-13;1-2-8(6-10-4-1)9-3-5-11-7-12-9/h3-9,18H,10H2,1-2H3,(H,19,20);1-7H. The molecule has 0 saturated carbocycles. The second-order valence-electron chi connectivity index (χ2n) is 6.90. The third kappa shape index (κ3) is 6.36. The van der Waals surface area contributed by atoms with Crippen LogP contribution in [0.5, 0.6) is 0 Å². The van der Waals surface area contributed by atoms with Crippen molar-refractivity contribution in [1.29, 1.82) is 0 Å². The highest BCUT2D eigenvalue weighted by molar-refractivity contribution is 6.17. The van der Waals surface area contributed by atoms with Gasteiger partial charge in [-0.25, -0.2) is 9.97 Å². The lowest BCUT2D eigenvalue weighted by Gasteiger charge is -2.10. The maximum absolute atomic E-state index is 12.1. The van der Waals surface area contributed by atoms with Gasteiger partial charge in [-0.15, -0.1) is 11.6 Å². The molecule has 2 heterocycles. The monoisotopic (exact) mass is 445 g/mol. The Morgan fingerprint density at radius 1 is 1.00 bits per heavy atom. The highest BCUT2D eigenvalue weighted by Gasteiger charge is 2.07. The summed E-state index contributed by atoms with van der Waals surface area (Å²) in [7, 11) is 1.86. The number of anilines is 2. The zero-order valence-electron chi connectivity index (χ0n) is 17.9. The van der Waals surface area contributed by atoms with Crippen LogP contribution in [0.4, 0.5) is 11.4 Å². The number of carbonyl (C=O) groups is 1. The summed E-state index contributed by atoms with van der Waals surface area (Å²) in [5.74, 6) is 0.322. The number of aromatic nitrogens is 3. The van der Waals surface area contributed by atoms with Gasteiger partial charge < -0.3 is 10.6 Å². The molecule has 0 aliphatic carbocycles. The summed E-state index contributed by atoms with van der Waals surface area (Å²) in [5, 5.41) is 5.98. The SMILES string of the molecule is CNc1cc(NC(=O)c2ccc(CCl)cc2)ccc1C.c1cncc(-c2ccncn2)c1. The smallest absolute Gasteiger partial charge is 0.255 e. The molecule has 1 amide bonds. The predicted molar refractivity (Wildman–Crippen MR) is 130 cm³/mol. The predicted octanol–water partition coefficient (Wildman–Crippen LogP) is 5.57. The van der Waals surface area contributed by atoms with E-state index in [0.717, 1.165) is 33.8 Å². The topological polar surface area (TPSA) is 79.8 Å². The van der Waals surface area contributed by atoms with Crippen LogP contribution in [0.15, 0.2) is 85.6 Å². The number of pyridine rings is 1. The van der Waals surface area contributed by atoms with Crippen molar-refractivity contribution in [1.82, 2.24) is 15.0 Å². The Bertz CT molecular complexity index is 1100. The molecule has 0 spiro atoms. The first-order valence-electron chi connectivity index (χ1n) is 10.0. The van der Waals surface area contributed by atoms with E-state index in [1.165, 1.54) is 6.33 Å². The summed E-state index contributed by atoms with van der Waals surface area (Å²) >= 11 is 5.73. The molecule has 162 valence electrons. The number of nitrogens with zero attached hydrogens (tertiary/aromatic N) is 3. The molecule has 0 radical (unpaired) electrons. The fraction of sp³-hybridized carbons (Fsp3) is 0.120. The first-order chi connectivity index (χ1) is 15.6. The lowest BCUT2D eigenvalue weighted by atomic mass is 10.1. The van der Waals surface area contributed by atoms with E-state index in [1.54, 1.807) is 30.7 Å². The second-order valence-corrected chi connectivity index (χ2v) is 7.17. The quantitative estimate of drug-likeness (QED) is 0.393. The van der Waals surface area contributed by atoms with Crippen LogP contribution in [0.2, 0.25) is 0 Å². The van der Waals surface area contributed by atoms with Gasteiger partial charge in [-0.3, -0.25) is 9.78 Å². The number of halogens is 1. The van der Waals surface area contributed by atoms with Gasteiger partial charge in [-0.1, -0.05) is 18.2 Å². The van der Waals surface area contributed by atoms with Gasteiger partial charge in [0.15, 0.2) is 0 Å². The zero-order valence-corrected chi connectivity index (χ0v) is 18.7. The molecule has 2 aromatic carbocycles. The van der Waals surface area contributed by atoms with Gasteiger partial charge >= 0.3 is 0 Å². The van der Waals surface area contributed by atoms with Gasteiger partial charge in [0.25, 0.3) is 5.91 Å². The van der Waals surface area contributed by atoms with Crippen molar-refractivity contribution in [3.63, 3.8) is 0 Å². The Morgan fingerprint density at radius 2 is 1.81 bits per heavy atom. The van der Waals surface area contributed by atoms with E-state index in [0.29, 0.717) is 11.4 Å². The number of benzene rings is 2. The van der Waals surface area contributed by atoms with Gasteiger partial charge in [-0.05, 0) is 60.5 Å². The number of hydrogen-bond acceptors (Lipinski definition) is 5. The van der Waals surface area contributed by atoms with Gasteiger partial charge in [0.05, 0.1) is 5.69 Å². The van der Waals surface area contributed by atoms with E-state index in [2.05, 4.69) is 25.6 Å². The Hall–Kier alpha value is -3.77. The third-order valence-corrected chi connectivity index (χ3v) is 4.98. The van der Waals surface area contributed by atoms with Gasteiger partial charge in [0.1, 0.15) is 6.33 Å². The fourth-order valence-corrected chi connectivity index (χ4v) is 3.07. The molecule has 0 aliphatic heterocycles. The molecule has 2 N–H and O–H groups in total. The molecule has 7 heteroatoms. The molecule has 32 heavy (non-hydrogen) atoms. The van der Waals surface area contributed by atoms with Crippen molar-refractivity contribution in [2.75, 3.05) is 17.7 Å². The van der Waals surface area contributed by atoms with Gasteiger partial charge in [0.2, 0.25) is 0 Å². The minimum Gasteiger partial charge on any atom is -0.388 e. The summed E-state index contributed by atoms with van der Waals surface area (Å²) < 4.78 is 0. The summed E-state index contributed by atoms with van der Waals surface area (Å²) in [5.41, 5.74) is 6.43. The van der Waals surface area contributed by atoms with Crippen molar-refractivity contribution in [2.45, 2.75) is 12.8 Å². The molecule has 0 fully saturated rings. The average molecular weight is 446 g/mol. The van der Waals surface area contributed by atoms with Crippen molar-refractivity contribution in [3.8, 4) is 11.3 Å². The Morgan fingerprint density at radius 3 is 2.44 bits per heavy atom. The minimum absolute atomic E-state index is 0.128. The van der Waals surface area contributed by atoms with Crippen LogP contribution in [0.3, 0.4) is 0 Å². The van der Waals surface area contributed by atoms with Crippen molar-refractivity contribution < 1.29 is 4.79 Å². The molecular weight excluding hydrogens is 422 g/mol. The maximum atomic E-state index is 12.1. The molecule has 0 unspecified atom stereocenters. The number of carbonyl (C=O) groups excluding carboxylic acids is 1. The largest absolute Gasteiger partial charge is 0.388 e. The highest BCUT2D eigenvalue weighted by Crippen LogP contribution is 2.20. The Kier molecular flexibility index (Phi) is 8.29. The third-order valence-electron chi connectivity index (χ3n) is 4.67. The van der Waals surface area contributed by atoms with E-state index in [9.17, 15) is 4.79 Å². The van der Waals surface area contributed by atoms with Gasteiger partial charge in [0, 0.05) is 54.0 Å². The number of hydrogen-bond donors (Lipinski definition) is 2. The number of aryl methyl sites for hydroxylation is 1. The van der Waals surface area contributed by atoms with Crippen LogP contribution in [-0.2, 0) is 5.88 Å². The Labute approximate surface area is 192 Å². The van der Waals surface area contributed by atoms with E-state index >= 15 is 0 Å². The number of rotatable bonds is 5. The summed E-state index contributed by atoms with van der Waals surface area (Å²) in [6.45, 7) is 2.02. The van der Waals surface area contributed by atoms with Crippen LogP contribution in [-0.4, -0.2) is 27.9 Å². The number of alkyl halides is 1. The molecule has 4 aromatic rings. The molecule has 0 bridgehead atoms. The first kappa shape index (κ1) is 22.9. The normalized spacial score (nSPS) is 9.97. The summed E-state index contributed by atoms with van der Waals surface area (Å²) in [4.78, 5) is 24.1. The van der Waals surface area contributed by atoms with E-state index in [-0.39, 0.29) is 5.91 Å². The van der Waals surface area contributed by atoms with Crippen LogP contribution in [0, 0.1) is 6.92 Å². The minimum atomic E-state index is -0.128. The second kappa shape index (κ2) is 11.6. The maximum Gasteiger partial charge on any atom is 0.255 e. The molecule has 0 saturated heterocycles. The van der Waals surface area contributed by atoms with Crippen LogP contribution < -0.4 is 10.6 Å². The zero-order chi connectivity index (χ0) is 22.8. The number of amides is 1. The molecule has 0 aliphatic rings. The van der Waals surface area contributed by atoms with Crippen molar-refractivity contribution in [2.24, 2.45) is 0 Å². The lowest BCUT2D eigenvalue weighted by Crippen LogP contribution is -2.12.